The Morgan fingerprint density at radius 1 is 1.00 bits per heavy atom. The monoisotopic (exact) mass is 194 g/mol. The van der Waals surface area contributed by atoms with E-state index in [1.807, 2.05) is 36.4 Å². The predicted molar refractivity (Wildman–Crippen MR) is 63.8 cm³/mol. The lowest BCUT2D eigenvalue weighted by molar-refractivity contribution is 1.67. The first-order chi connectivity index (χ1) is 6.35. The number of rotatable bonds is 1. The Balaban J connectivity index is 0. The van der Waals surface area contributed by atoms with Crippen LogP contribution < -0.4 is 0 Å². The van der Waals surface area contributed by atoms with Crippen LogP contribution in [0.5, 0.6) is 0 Å². The third kappa shape index (κ3) is 10.7. The van der Waals surface area contributed by atoms with Gasteiger partial charge in [0.05, 0.1) is 0 Å². The molecule has 1 rings (SSSR count). The summed E-state index contributed by atoms with van der Waals surface area (Å²) in [6.07, 6.45) is 1.83. The number of halogens is 1. The molecule has 0 atom stereocenters. The van der Waals surface area contributed by atoms with Crippen LogP contribution in [-0.4, -0.2) is 0 Å². The summed E-state index contributed by atoms with van der Waals surface area (Å²) in [5, 5.41) is 0. The first-order valence-electron chi connectivity index (χ1n) is 3.73. The highest BCUT2D eigenvalue weighted by molar-refractivity contribution is 6.25. The summed E-state index contributed by atoms with van der Waals surface area (Å²) in [5.41, 5.74) is 2.40. The molecule has 1 aromatic rings. The van der Waals surface area contributed by atoms with Gasteiger partial charge in [-0.3, -0.25) is 0 Å². The fraction of sp³-hybridized carbons (Fsp3) is 0. The molecule has 70 valence electrons. The van der Waals surface area contributed by atoms with Gasteiger partial charge in [0.25, 0.3) is 0 Å². The van der Waals surface area contributed by atoms with Gasteiger partial charge in [-0.2, -0.15) is 0 Å². The standard InChI is InChI=1S/C8H8.C2H3Cl.C2H4/c1-2-8-6-4-3-5-7-8;1-2-3;1-2/h2-7H,1H2;2H,1H2;1-2H2. The molecule has 0 radical (unpaired) electrons. The summed E-state index contributed by atoms with van der Waals surface area (Å²) in [4.78, 5) is 0. The van der Waals surface area contributed by atoms with Crippen molar-refractivity contribution in [2.24, 2.45) is 0 Å². The SMILES string of the molecule is C=C.C=CCl.C=Cc1ccccc1. The van der Waals surface area contributed by atoms with Crippen molar-refractivity contribution < 1.29 is 0 Å². The molecule has 0 aliphatic rings. The largest absolute Gasteiger partial charge is 0.106 e. The molecule has 13 heavy (non-hydrogen) atoms. The summed E-state index contributed by atoms with van der Waals surface area (Å²) >= 11 is 4.76. The van der Waals surface area contributed by atoms with Crippen LogP contribution in [0.1, 0.15) is 5.56 Å². The summed E-state index contributed by atoms with van der Waals surface area (Å²) in [5.74, 6) is 0. The highest BCUT2D eigenvalue weighted by Gasteiger charge is 1.75. The van der Waals surface area contributed by atoms with Crippen molar-refractivity contribution in [1.29, 1.82) is 0 Å². The molecule has 1 aromatic carbocycles. The highest BCUT2D eigenvalue weighted by Crippen LogP contribution is 1.97. The minimum Gasteiger partial charge on any atom is -0.106 e. The maximum atomic E-state index is 4.76. The third-order valence-electron chi connectivity index (χ3n) is 1.04. The zero-order valence-corrected chi connectivity index (χ0v) is 8.50. The van der Waals surface area contributed by atoms with Crippen LogP contribution in [0.4, 0.5) is 0 Å². The summed E-state index contributed by atoms with van der Waals surface area (Å²) in [7, 11) is 0. The second kappa shape index (κ2) is 13.3. The molecule has 0 bridgehead atoms. The highest BCUT2D eigenvalue weighted by atomic mass is 35.5. The molecule has 0 aliphatic heterocycles. The molecule has 0 aromatic heterocycles. The van der Waals surface area contributed by atoms with Gasteiger partial charge >= 0.3 is 0 Å². The van der Waals surface area contributed by atoms with E-state index < -0.39 is 0 Å². The van der Waals surface area contributed by atoms with Crippen LogP contribution in [0.3, 0.4) is 0 Å². The zero-order valence-electron chi connectivity index (χ0n) is 7.75. The lowest BCUT2D eigenvalue weighted by Gasteiger charge is -1.85. The van der Waals surface area contributed by atoms with Crippen LogP contribution in [0, 0.1) is 0 Å². The summed E-state index contributed by atoms with van der Waals surface area (Å²) < 4.78 is 0. The van der Waals surface area contributed by atoms with Crippen molar-refractivity contribution in [3.05, 3.63) is 67.7 Å². The van der Waals surface area contributed by atoms with Gasteiger partial charge in [-0.1, -0.05) is 61.2 Å². The van der Waals surface area contributed by atoms with E-state index in [0.29, 0.717) is 0 Å². The zero-order chi connectivity index (χ0) is 10.5. The summed E-state index contributed by atoms with van der Waals surface area (Å²) in [6, 6.07) is 10.0. The van der Waals surface area contributed by atoms with Gasteiger partial charge in [-0.15, -0.1) is 13.2 Å². The Labute approximate surface area is 85.9 Å². The van der Waals surface area contributed by atoms with Crippen LogP contribution in [0.2, 0.25) is 0 Å². The molecule has 0 saturated carbocycles. The Kier molecular flexibility index (Phi) is 14.6. The molecular weight excluding hydrogens is 180 g/mol. The Hall–Kier alpha value is -1.27. The molecule has 0 spiro atoms. The first-order valence-corrected chi connectivity index (χ1v) is 4.17. The van der Waals surface area contributed by atoms with Gasteiger partial charge < -0.3 is 0 Å². The maximum absolute atomic E-state index is 4.76. The van der Waals surface area contributed by atoms with Crippen LogP contribution >= 0.6 is 11.6 Å². The number of hydrogen-bond donors (Lipinski definition) is 0. The predicted octanol–water partition coefficient (Wildman–Crippen LogP) is 4.50. The molecule has 0 unspecified atom stereocenters. The molecule has 0 saturated heterocycles. The second-order valence-corrected chi connectivity index (χ2v) is 2.08. The van der Waals surface area contributed by atoms with E-state index in [-0.39, 0.29) is 0 Å². The van der Waals surface area contributed by atoms with Gasteiger partial charge in [-0.25, -0.2) is 0 Å². The van der Waals surface area contributed by atoms with Crippen molar-refractivity contribution in [2.45, 2.75) is 0 Å². The van der Waals surface area contributed by atoms with Gasteiger partial charge in [0.15, 0.2) is 0 Å². The Bertz CT molecular complexity index is 214. The quantitative estimate of drug-likeness (QED) is 0.578. The van der Waals surface area contributed by atoms with Gasteiger partial charge in [0, 0.05) is 0 Å². The van der Waals surface area contributed by atoms with Crippen LogP contribution in [0.15, 0.2) is 62.2 Å². The fourth-order valence-corrected chi connectivity index (χ4v) is 0.589. The third-order valence-corrected chi connectivity index (χ3v) is 1.04. The van der Waals surface area contributed by atoms with Gasteiger partial charge in [0.1, 0.15) is 0 Å². The molecule has 1 heteroatoms. The Morgan fingerprint density at radius 3 is 1.62 bits per heavy atom. The average molecular weight is 195 g/mol. The van der Waals surface area contributed by atoms with Crippen LogP contribution in [0.25, 0.3) is 6.08 Å². The van der Waals surface area contributed by atoms with E-state index in [1.165, 1.54) is 11.1 Å². The topological polar surface area (TPSA) is 0 Å². The van der Waals surface area contributed by atoms with Crippen molar-refractivity contribution in [2.75, 3.05) is 0 Å². The minimum absolute atomic E-state index is 1.17. The van der Waals surface area contributed by atoms with E-state index in [9.17, 15) is 0 Å². The summed E-state index contributed by atoms with van der Waals surface area (Å²) in [6.45, 7) is 12.8. The average Bonchev–Trinajstić information content (AvgIpc) is 2.23. The molecule has 0 aliphatic carbocycles. The smallest absolute Gasteiger partial charge is 0.00296 e. The number of benzene rings is 1. The van der Waals surface area contributed by atoms with E-state index in [0.717, 1.165) is 0 Å². The first kappa shape index (κ1) is 14.3. The molecule has 0 N–H and O–H groups in total. The lowest BCUT2D eigenvalue weighted by atomic mass is 10.2. The normalized spacial score (nSPS) is 6.54. The lowest BCUT2D eigenvalue weighted by Crippen LogP contribution is -1.63. The van der Waals surface area contributed by atoms with Crippen molar-refractivity contribution in [3.8, 4) is 0 Å². The van der Waals surface area contributed by atoms with E-state index in [4.69, 9.17) is 11.6 Å². The number of hydrogen-bond acceptors (Lipinski definition) is 0. The van der Waals surface area contributed by atoms with Crippen molar-refractivity contribution in [1.82, 2.24) is 0 Å². The van der Waals surface area contributed by atoms with Crippen molar-refractivity contribution in [3.63, 3.8) is 0 Å². The molecule has 0 nitrogen and oxygen atoms in total. The molecular formula is C12H15Cl. The fourth-order valence-electron chi connectivity index (χ4n) is 0.589. The van der Waals surface area contributed by atoms with Crippen LogP contribution in [-0.2, 0) is 0 Å². The molecule has 0 fully saturated rings. The van der Waals surface area contributed by atoms with Crippen molar-refractivity contribution >= 4 is 17.7 Å². The Morgan fingerprint density at radius 2 is 1.38 bits per heavy atom. The molecule has 0 amide bonds. The van der Waals surface area contributed by atoms with Gasteiger partial charge in [-0.05, 0) is 11.1 Å². The van der Waals surface area contributed by atoms with E-state index >= 15 is 0 Å². The second-order valence-electron chi connectivity index (χ2n) is 1.77. The van der Waals surface area contributed by atoms with E-state index in [1.54, 1.807) is 0 Å². The van der Waals surface area contributed by atoms with Gasteiger partial charge in [0.2, 0.25) is 0 Å². The molecule has 0 heterocycles. The maximum Gasteiger partial charge on any atom is -0.00296 e. The van der Waals surface area contributed by atoms with E-state index in [2.05, 4.69) is 26.3 Å². The minimum atomic E-state index is 1.17.